The maximum Gasteiger partial charge on any atom is 0.219 e. The van der Waals surface area contributed by atoms with E-state index < -0.39 is 12.4 Å². The second-order valence-corrected chi connectivity index (χ2v) is 6.82. The number of nitrogens with zero attached hydrogens (tertiary/aromatic N) is 3. The number of piperidine rings is 1. The molecule has 5 atom stereocenters. The smallest absolute Gasteiger partial charge is 0.219 e. The Balaban J connectivity index is 1.44. The third-order valence-electron chi connectivity index (χ3n) is 5.33. The lowest BCUT2D eigenvalue weighted by Crippen LogP contribution is -2.61. The van der Waals surface area contributed by atoms with Gasteiger partial charge >= 0.3 is 0 Å². The highest BCUT2D eigenvalue weighted by atomic mass is 16.7. The number of hydrogen-bond donors (Lipinski definition) is 2. The third kappa shape index (κ3) is 2.83. The molecule has 0 aromatic carbocycles. The van der Waals surface area contributed by atoms with Gasteiger partial charge in [0.05, 0.1) is 18.8 Å². The molecule has 24 heavy (non-hydrogen) atoms. The highest BCUT2D eigenvalue weighted by Crippen LogP contribution is 2.35. The van der Waals surface area contributed by atoms with Crippen molar-refractivity contribution in [2.45, 2.75) is 56.4 Å². The van der Waals surface area contributed by atoms with Crippen LogP contribution in [-0.4, -0.2) is 76.0 Å². The van der Waals surface area contributed by atoms with Crippen molar-refractivity contribution in [3.63, 3.8) is 0 Å². The Kier molecular flexibility index (Phi) is 4.29. The number of carbonyl (C=O) groups excluding carboxylic acids is 1. The molecule has 1 aromatic heterocycles. The van der Waals surface area contributed by atoms with Crippen LogP contribution in [0.2, 0.25) is 0 Å². The van der Waals surface area contributed by atoms with Gasteiger partial charge in [0.2, 0.25) is 5.91 Å². The summed E-state index contributed by atoms with van der Waals surface area (Å²) >= 11 is 0. The summed E-state index contributed by atoms with van der Waals surface area (Å²) in [5, 5.41) is 18.7. The van der Waals surface area contributed by atoms with Crippen LogP contribution < -0.4 is 5.32 Å². The molecule has 2 bridgehead atoms. The van der Waals surface area contributed by atoms with Crippen molar-refractivity contribution >= 4 is 5.91 Å². The largest absolute Gasteiger partial charge is 0.389 e. The summed E-state index contributed by atoms with van der Waals surface area (Å²) in [6.45, 7) is 3.59. The molecule has 5 unspecified atom stereocenters. The minimum atomic E-state index is -0.637. The summed E-state index contributed by atoms with van der Waals surface area (Å²) in [4.78, 5) is 13.3. The van der Waals surface area contributed by atoms with Gasteiger partial charge in [0, 0.05) is 38.4 Å². The fourth-order valence-electron chi connectivity index (χ4n) is 3.98. The van der Waals surface area contributed by atoms with E-state index in [0.29, 0.717) is 6.61 Å². The predicted molar refractivity (Wildman–Crippen MR) is 84.1 cm³/mol. The Bertz CT molecular complexity index is 573. The number of fused-ring (bicyclic) bond motifs is 2. The van der Waals surface area contributed by atoms with Crippen LogP contribution >= 0.6 is 0 Å². The average Bonchev–Trinajstić information content (AvgIpc) is 3.24. The van der Waals surface area contributed by atoms with Crippen molar-refractivity contribution in [3.8, 4) is 0 Å². The van der Waals surface area contributed by atoms with Gasteiger partial charge in [0.15, 0.2) is 6.29 Å². The molecule has 132 valence electrons. The van der Waals surface area contributed by atoms with Crippen LogP contribution in [0.15, 0.2) is 18.5 Å². The molecule has 8 heteroatoms. The SMILES string of the molecule is CC(=O)N1CCC(NC2C3COC(O3)C(n3cccn3)C2O)CC1. The summed E-state index contributed by atoms with van der Waals surface area (Å²) in [6.07, 6.45) is 4.03. The molecule has 1 amide bonds. The van der Waals surface area contributed by atoms with Gasteiger partial charge in [-0.15, -0.1) is 0 Å². The first-order valence-electron chi connectivity index (χ1n) is 8.59. The molecular formula is C16H24N4O4. The van der Waals surface area contributed by atoms with Gasteiger partial charge in [0.25, 0.3) is 0 Å². The maximum absolute atomic E-state index is 11.4. The van der Waals surface area contributed by atoms with Gasteiger partial charge in [-0.2, -0.15) is 5.10 Å². The Morgan fingerprint density at radius 1 is 1.38 bits per heavy atom. The van der Waals surface area contributed by atoms with Gasteiger partial charge in [-0.1, -0.05) is 0 Å². The standard InChI is InChI=1S/C16H24N4O4/c1-10(21)19-7-3-11(4-8-19)18-13-12-9-23-16(24-12)14(15(13)22)20-6-2-5-17-20/h2,5-6,11-16,18,22H,3-4,7-9H2,1H3. The molecule has 2 N–H and O–H groups in total. The third-order valence-corrected chi connectivity index (χ3v) is 5.33. The average molecular weight is 336 g/mol. The highest BCUT2D eigenvalue weighted by molar-refractivity contribution is 5.73. The fourth-order valence-corrected chi connectivity index (χ4v) is 3.98. The first-order valence-corrected chi connectivity index (χ1v) is 8.59. The van der Waals surface area contributed by atoms with E-state index in [4.69, 9.17) is 9.47 Å². The van der Waals surface area contributed by atoms with E-state index in [1.54, 1.807) is 17.8 Å². The van der Waals surface area contributed by atoms with E-state index in [1.165, 1.54) is 0 Å². The van der Waals surface area contributed by atoms with E-state index in [1.807, 2.05) is 17.2 Å². The van der Waals surface area contributed by atoms with Crippen LogP contribution in [0.4, 0.5) is 0 Å². The van der Waals surface area contributed by atoms with E-state index in [-0.39, 0.29) is 30.1 Å². The quantitative estimate of drug-likeness (QED) is 0.774. The first-order chi connectivity index (χ1) is 11.6. The van der Waals surface area contributed by atoms with Crippen molar-refractivity contribution < 1.29 is 19.4 Å². The molecular weight excluding hydrogens is 312 g/mol. The van der Waals surface area contributed by atoms with Gasteiger partial charge in [0.1, 0.15) is 12.1 Å². The zero-order valence-corrected chi connectivity index (χ0v) is 13.7. The minimum absolute atomic E-state index is 0.125. The molecule has 3 fully saturated rings. The fraction of sp³-hybridized carbons (Fsp3) is 0.750. The zero-order chi connectivity index (χ0) is 16.7. The lowest BCUT2D eigenvalue weighted by atomic mass is 9.93. The van der Waals surface area contributed by atoms with Crippen LogP contribution in [0.25, 0.3) is 0 Å². The summed E-state index contributed by atoms with van der Waals surface area (Å²) in [5.41, 5.74) is 0. The second-order valence-electron chi connectivity index (χ2n) is 6.82. The predicted octanol–water partition coefficient (Wildman–Crippen LogP) is -0.491. The summed E-state index contributed by atoms with van der Waals surface area (Å²) in [6, 6.07) is 1.54. The molecule has 3 aliphatic heterocycles. The number of amides is 1. The number of carbonyl (C=O) groups is 1. The summed E-state index contributed by atoms with van der Waals surface area (Å²) in [5.74, 6) is 0.125. The van der Waals surface area contributed by atoms with E-state index in [0.717, 1.165) is 25.9 Å². The van der Waals surface area contributed by atoms with Crippen LogP contribution in [0.3, 0.4) is 0 Å². The van der Waals surface area contributed by atoms with Crippen LogP contribution in [-0.2, 0) is 14.3 Å². The molecule has 0 aliphatic carbocycles. The van der Waals surface area contributed by atoms with E-state index in [9.17, 15) is 9.90 Å². The number of likely N-dealkylation sites (tertiary alicyclic amines) is 1. The Morgan fingerprint density at radius 2 is 2.17 bits per heavy atom. The van der Waals surface area contributed by atoms with Gasteiger partial charge in [-0.25, -0.2) is 0 Å². The number of ether oxygens (including phenoxy) is 2. The molecule has 0 spiro atoms. The zero-order valence-electron chi connectivity index (χ0n) is 13.7. The number of rotatable bonds is 3. The number of aliphatic hydroxyl groups is 1. The maximum atomic E-state index is 11.4. The van der Waals surface area contributed by atoms with E-state index >= 15 is 0 Å². The molecule has 3 saturated heterocycles. The van der Waals surface area contributed by atoms with Crippen molar-refractivity contribution in [2.75, 3.05) is 19.7 Å². The van der Waals surface area contributed by atoms with Crippen molar-refractivity contribution in [2.24, 2.45) is 0 Å². The molecule has 4 heterocycles. The number of hydrogen-bond acceptors (Lipinski definition) is 6. The van der Waals surface area contributed by atoms with Crippen LogP contribution in [0, 0.1) is 0 Å². The Labute approximate surface area is 140 Å². The molecule has 1 aromatic rings. The Morgan fingerprint density at radius 3 is 2.83 bits per heavy atom. The minimum Gasteiger partial charge on any atom is -0.389 e. The highest BCUT2D eigenvalue weighted by Gasteiger charge is 2.51. The number of aromatic nitrogens is 2. The van der Waals surface area contributed by atoms with Gasteiger partial charge in [-0.3, -0.25) is 9.48 Å². The molecule has 3 aliphatic rings. The van der Waals surface area contributed by atoms with Gasteiger partial charge < -0.3 is 24.8 Å². The summed E-state index contributed by atoms with van der Waals surface area (Å²) < 4.78 is 13.4. The number of aliphatic hydroxyl groups excluding tert-OH is 1. The molecule has 8 nitrogen and oxygen atoms in total. The first kappa shape index (κ1) is 16.0. The summed E-state index contributed by atoms with van der Waals surface area (Å²) in [7, 11) is 0. The molecule has 0 saturated carbocycles. The van der Waals surface area contributed by atoms with Gasteiger partial charge in [-0.05, 0) is 18.9 Å². The van der Waals surface area contributed by atoms with Crippen molar-refractivity contribution in [1.29, 1.82) is 0 Å². The lowest BCUT2D eigenvalue weighted by Gasteiger charge is -2.41. The topological polar surface area (TPSA) is 88.9 Å². The number of nitrogens with one attached hydrogen (secondary N) is 1. The molecule has 0 radical (unpaired) electrons. The van der Waals surface area contributed by atoms with E-state index in [2.05, 4.69) is 10.4 Å². The Hall–Kier alpha value is -1.48. The second kappa shape index (κ2) is 6.44. The monoisotopic (exact) mass is 336 g/mol. The van der Waals surface area contributed by atoms with Crippen LogP contribution in [0.5, 0.6) is 0 Å². The normalized spacial score (nSPS) is 36.9. The van der Waals surface area contributed by atoms with Crippen molar-refractivity contribution in [3.05, 3.63) is 18.5 Å². The molecule has 4 rings (SSSR count). The van der Waals surface area contributed by atoms with Crippen molar-refractivity contribution in [1.82, 2.24) is 20.0 Å². The lowest BCUT2D eigenvalue weighted by molar-refractivity contribution is -0.169. The van der Waals surface area contributed by atoms with Crippen LogP contribution in [0.1, 0.15) is 25.8 Å².